The standard InChI is InChI=1S/C17H22N4OS/c1-5-6-9-20-16(22)15-12(11-18-21(15)17(2,3)4)14(19-20)13-8-7-10-23-13/h7-8,10-11H,5-6,9H2,1-4H3. The highest BCUT2D eigenvalue weighted by molar-refractivity contribution is 7.13. The number of unbranched alkanes of at least 4 members (excludes halogenated alkanes) is 1. The molecule has 0 atom stereocenters. The van der Waals surface area contributed by atoms with E-state index in [0.29, 0.717) is 12.1 Å². The number of thiophene rings is 1. The summed E-state index contributed by atoms with van der Waals surface area (Å²) in [4.78, 5) is 14.0. The van der Waals surface area contributed by atoms with Gasteiger partial charge in [0.05, 0.1) is 22.0 Å². The van der Waals surface area contributed by atoms with Crippen molar-refractivity contribution in [1.29, 1.82) is 0 Å². The second-order valence-electron chi connectivity index (χ2n) is 6.70. The van der Waals surface area contributed by atoms with Crippen LogP contribution in [0.15, 0.2) is 28.5 Å². The maximum atomic E-state index is 12.9. The quantitative estimate of drug-likeness (QED) is 0.729. The van der Waals surface area contributed by atoms with Crippen molar-refractivity contribution in [1.82, 2.24) is 19.6 Å². The fourth-order valence-corrected chi connectivity index (χ4v) is 3.36. The van der Waals surface area contributed by atoms with Crippen molar-refractivity contribution in [3.05, 3.63) is 34.1 Å². The van der Waals surface area contributed by atoms with Crippen LogP contribution >= 0.6 is 11.3 Å². The number of rotatable bonds is 4. The molecular formula is C17H22N4OS. The van der Waals surface area contributed by atoms with E-state index in [1.807, 2.05) is 22.2 Å². The molecule has 0 fully saturated rings. The Morgan fingerprint density at radius 2 is 2.09 bits per heavy atom. The van der Waals surface area contributed by atoms with Gasteiger partial charge in [-0.05, 0) is 38.6 Å². The normalized spacial score (nSPS) is 12.2. The molecule has 0 saturated carbocycles. The molecule has 0 radical (unpaired) electrons. The van der Waals surface area contributed by atoms with E-state index in [4.69, 9.17) is 0 Å². The molecule has 5 nitrogen and oxygen atoms in total. The molecule has 122 valence electrons. The van der Waals surface area contributed by atoms with E-state index >= 15 is 0 Å². The Hall–Kier alpha value is -1.95. The van der Waals surface area contributed by atoms with Crippen molar-refractivity contribution < 1.29 is 0 Å². The van der Waals surface area contributed by atoms with Gasteiger partial charge in [-0.25, -0.2) is 4.68 Å². The fourth-order valence-electron chi connectivity index (χ4n) is 2.63. The molecule has 0 aliphatic carbocycles. The van der Waals surface area contributed by atoms with Crippen LogP contribution in [-0.2, 0) is 12.1 Å². The minimum atomic E-state index is -0.252. The third-order valence-electron chi connectivity index (χ3n) is 3.80. The van der Waals surface area contributed by atoms with E-state index in [1.54, 1.807) is 22.2 Å². The molecule has 3 aromatic heterocycles. The van der Waals surface area contributed by atoms with E-state index in [0.717, 1.165) is 28.8 Å². The molecule has 0 unspecified atom stereocenters. The minimum absolute atomic E-state index is 0.0545. The predicted molar refractivity (Wildman–Crippen MR) is 95.0 cm³/mol. The molecule has 3 aromatic rings. The molecule has 0 aromatic carbocycles. The smallest absolute Gasteiger partial charge is 0.265 e. The Balaban J connectivity index is 2.33. The van der Waals surface area contributed by atoms with Gasteiger partial charge in [-0.1, -0.05) is 19.4 Å². The molecule has 0 bridgehead atoms. The molecule has 6 heteroatoms. The molecule has 0 aliphatic heterocycles. The number of nitrogens with zero attached hydrogens (tertiary/aromatic N) is 4. The van der Waals surface area contributed by atoms with Gasteiger partial charge in [0, 0.05) is 6.54 Å². The second-order valence-corrected chi connectivity index (χ2v) is 7.64. The topological polar surface area (TPSA) is 52.7 Å². The number of hydrogen-bond acceptors (Lipinski definition) is 4. The van der Waals surface area contributed by atoms with E-state index in [1.165, 1.54) is 0 Å². The first-order valence-corrected chi connectivity index (χ1v) is 8.84. The summed E-state index contributed by atoms with van der Waals surface area (Å²) in [5.41, 5.74) is 1.19. The number of fused-ring (bicyclic) bond motifs is 1. The maximum Gasteiger partial charge on any atom is 0.292 e. The zero-order valence-corrected chi connectivity index (χ0v) is 14.9. The zero-order valence-electron chi connectivity index (χ0n) is 14.0. The highest BCUT2D eigenvalue weighted by atomic mass is 32.1. The van der Waals surface area contributed by atoms with Gasteiger partial charge < -0.3 is 0 Å². The van der Waals surface area contributed by atoms with Crippen LogP contribution in [0.1, 0.15) is 40.5 Å². The van der Waals surface area contributed by atoms with Crippen LogP contribution in [0.2, 0.25) is 0 Å². The van der Waals surface area contributed by atoms with Crippen molar-refractivity contribution in [2.75, 3.05) is 0 Å². The fraction of sp³-hybridized carbons (Fsp3) is 0.471. The summed E-state index contributed by atoms with van der Waals surface area (Å²) in [7, 11) is 0. The lowest BCUT2D eigenvalue weighted by Crippen LogP contribution is -2.30. The summed E-state index contributed by atoms with van der Waals surface area (Å²) < 4.78 is 3.43. The van der Waals surface area contributed by atoms with Crippen molar-refractivity contribution in [2.45, 2.75) is 52.6 Å². The third kappa shape index (κ3) is 2.83. The molecule has 0 aliphatic rings. The molecule has 3 rings (SSSR count). The molecule has 0 amide bonds. The zero-order chi connectivity index (χ0) is 16.6. The molecule has 0 saturated heterocycles. The Morgan fingerprint density at radius 1 is 1.30 bits per heavy atom. The SMILES string of the molecule is CCCCn1nc(-c2cccs2)c2cnn(C(C)(C)C)c2c1=O. The van der Waals surface area contributed by atoms with E-state index in [9.17, 15) is 4.79 Å². The van der Waals surface area contributed by atoms with Gasteiger partial charge in [-0.3, -0.25) is 9.48 Å². The summed E-state index contributed by atoms with van der Waals surface area (Å²) in [5, 5.41) is 12.0. The number of aromatic nitrogens is 4. The largest absolute Gasteiger partial charge is 0.292 e. The van der Waals surface area contributed by atoms with Crippen LogP contribution in [0, 0.1) is 0 Å². The molecule has 3 heterocycles. The highest BCUT2D eigenvalue weighted by Crippen LogP contribution is 2.30. The van der Waals surface area contributed by atoms with Gasteiger partial charge in [0.1, 0.15) is 11.2 Å². The summed E-state index contributed by atoms with van der Waals surface area (Å²) >= 11 is 1.63. The number of hydrogen-bond donors (Lipinski definition) is 0. The summed E-state index contributed by atoms with van der Waals surface area (Å²) in [6.45, 7) is 8.92. The second kappa shape index (κ2) is 5.92. The lowest BCUT2D eigenvalue weighted by atomic mass is 10.1. The predicted octanol–water partition coefficient (Wildman–Crippen LogP) is 3.88. The van der Waals surface area contributed by atoms with Gasteiger partial charge in [-0.15, -0.1) is 11.3 Å². The van der Waals surface area contributed by atoms with Crippen molar-refractivity contribution in [3.63, 3.8) is 0 Å². The molecule has 0 spiro atoms. The van der Waals surface area contributed by atoms with Crippen LogP contribution in [0.25, 0.3) is 21.5 Å². The Labute approximate surface area is 139 Å². The minimum Gasteiger partial charge on any atom is -0.265 e. The van der Waals surface area contributed by atoms with E-state index < -0.39 is 0 Å². The van der Waals surface area contributed by atoms with Crippen LogP contribution in [-0.4, -0.2) is 19.6 Å². The van der Waals surface area contributed by atoms with Crippen molar-refractivity contribution in [3.8, 4) is 10.6 Å². The summed E-state index contributed by atoms with van der Waals surface area (Å²) in [6.07, 6.45) is 3.74. The van der Waals surface area contributed by atoms with Gasteiger partial charge >= 0.3 is 0 Å². The Morgan fingerprint density at radius 3 is 2.70 bits per heavy atom. The highest BCUT2D eigenvalue weighted by Gasteiger charge is 2.23. The first-order valence-electron chi connectivity index (χ1n) is 7.96. The summed E-state index contributed by atoms with van der Waals surface area (Å²) in [5.74, 6) is 0. The molecular weight excluding hydrogens is 308 g/mol. The van der Waals surface area contributed by atoms with E-state index in [-0.39, 0.29) is 11.1 Å². The Kier molecular flexibility index (Phi) is 4.10. The lowest BCUT2D eigenvalue weighted by Gasteiger charge is -2.20. The first-order chi connectivity index (χ1) is 10.9. The van der Waals surface area contributed by atoms with Crippen LogP contribution in [0.5, 0.6) is 0 Å². The lowest BCUT2D eigenvalue weighted by molar-refractivity contribution is 0.366. The van der Waals surface area contributed by atoms with Gasteiger partial charge in [0.2, 0.25) is 0 Å². The first kappa shape index (κ1) is 15.9. The van der Waals surface area contributed by atoms with Gasteiger partial charge in [0.25, 0.3) is 5.56 Å². The Bertz CT molecular complexity index is 869. The van der Waals surface area contributed by atoms with Crippen LogP contribution < -0.4 is 5.56 Å². The van der Waals surface area contributed by atoms with Crippen LogP contribution in [0.3, 0.4) is 0 Å². The third-order valence-corrected chi connectivity index (χ3v) is 4.67. The van der Waals surface area contributed by atoms with Gasteiger partial charge in [0.15, 0.2) is 0 Å². The molecule has 23 heavy (non-hydrogen) atoms. The summed E-state index contributed by atoms with van der Waals surface area (Å²) in [6, 6.07) is 4.04. The monoisotopic (exact) mass is 330 g/mol. The maximum absolute atomic E-state index is 12.9. The van der Waals surface area contributed by atoms with Crippen LogP contribution in [0.4, 0.5) is 0 Å². The van der Waals surface area contributed by atoms with Crippen molar-refractivity contribution in [2.24, 2.45) is 0 Å². The molecule has 0 N–H and O–H groups in total. The van der Waals surface area contributed by atoms with Gasteiger partial charge in [-0.2, -0.15) is 10.2 Å². The average Bonchev–Trinajstić information content (AvgIpc) is 3.15. The van der Waals surface area contributed by atoms with E-state index in [2.05, 4.69) is 37.9 Å². The van der Waals surface area contributed by atoms with Crippen molar-refractivity contribution >= 4 is 22.2 Å². The average molecular weight is 330 g/mol. The number of aryl methyl sites for hydroxylation is 1.